The van der Waals surface area contributed by atoms with Crippen molar-refractivity contribution < 1.29 is 14.7 Å². The summed E-state index contributed by atoms with van der Waals surface area (Å²) in [6.07, 6.45) is 0.805. The second-order valence-electron chi connectivity index (χ2n) is 3.94. The van der Waals surface area contributed by atoms with Gasteiger partial charge in [0, 0.05) is 12.1 Å². The fourth-order valence-corrected chi connectivity index (χ4v) is 2.16. The maximum atomic E-state index is 11.8. The molecule has 0 radical (unpaired) electrons. The Bertz CT molecular complexity index is 496. The zero-order valence-electron chi connectivity index (χ0n) is 9.17. The number of hydrogen-bond donors (Lipinski definition) is 3. The van der Waals surface area contributed by atoms with Gasteiger partial charge < -0.3 is 15.7 Å². The number of amides is 2. The molecule has 0 unspecified atom stereocenters. The molecule has 7 heteroatoms. The lowest BCUT2D eigenvalue weighted by atomic mass is 10.2. The molecule has 0 bridgehead atoms. The molecule has 1 aromatic carbocycles. The molecule has 2 amide bonds. The van der Waals surface area contributed by atoms with Crippen LogP contribution in [-0.4, -0.2) is 23.0 Å². The van der Waals surface area contributed by atoms with Crippen LogP contribution >= 0.6 is 23.2 Å². The summed E-state index contributed by atoms with van der Waals surface area (Å²) in [5, 5.41) is 14.6. The van der Waals surface area contributed by atoms with E-state index in [0.29, 0.717) is 18.5 Å². The normalized spacial score (nSPS) is 18.6. The van der Waals surface area contributed by atoms with Gasteiger partial charge in [0.05, 0.1) is 10.0 Å². The van der Waals surface area contributed by atoms with Crippen molar-refractivity contribution in [3.8, 4) is 5.75 Å². The summed E-state index contributed by atoms with van der Waals surface area (Å²) < 4.78 is 0. The van der Waals surface area contributed by atoms with E-state index in [1.54, 1.807) is 0 Å². The van der Waals surface area contributed by atoms with Gasteiger partial charge in [0.15, 0.2) is 5.75 Å². The smallest absolute Gasteiger partial charge is 0.246 e. The van der Waals surface area contributed by atoms with Crippen LogP contribution in [0.15, 0.2) is 12.1 Å². The maximum Gasteiger partial charge on any atom is 0.246 e. The van der Waals surface area contributed by atoms with Crippen molar-refractivity contribution in [1.29, 1.82) is 0 Å². The van der Waals surface area contributed by atoms with E-state index in [9.17, 15) is 14.7 Å². The fraction of sp³-hybridized carbons (Fsp3) is 0.273. The highest BCUT2D eigenvalue weighted by Crippen LogP contribution is 2.34. The van der Waals surface area contributed by atoms with Gasteiger partial charge in [-0.1, -0.05) is 23.2 Å². The van der Waals surface area contributed by atoms with Crippen LogP contribution in [0, 0.1) is 0 Å². The summed E-state index contributed by atoms with van der Waals surface area (Å²) in [7, 11) is 0. The molecule has 1 aliphatic heterocycles. The molecular weight excluding hydrogens is 279 g/mol. The summed E-state index contributed by atoms with van der Waals surface area (Å²) >= 11 is 11.5. The van der Waals surface area contributed by atoms with Crippen LogP contribution in [0.25, 0.3) is 0 Å². The topological polar surface area (TPSA) is 78.4 Å². The minimum absolute atomic E-state index is 0.0493. The van der Waals surface area contributed by atoms with Crippen molar-refractivity contribution in [2.45, 2.75) is 18.9 Å². The molecule has 0 saturated carbocycles. The lowest BCUT2D eigenvalue weighted by Crippen LogP contribution is -2.37. The number of rotatable bonds is 2. The molecule has 3 N–H and O–H groups in total. The predicted molar refractivity (Wildman–Crippen MR) is 67.9 cm³/mol. The highest BCUT2D eigenvalue weighted by molar-refractivity contribution is 6.37. The molecule has 1 fully saturated rings. The Kier molecular flexibility index (Phi) is 3.63. The van der Waals surface area contributed by atoms with E-state index in [4.69, 9.17) is 23.2 Å². The zero-order valence-corrected chi connectivity index (χ0v) is 10.7. The van der Waals surface area contributed by atoms with Gasteiger partial charge in [0.25, 0.3) is 0 Å². The summed E-state index contributed by atoms with van der Waals surface area (Å²) in [4.78, 5) is 22.8. The number of anilines is 1. The summed E-state index contributed by atoms with van der Waals surface area (Å²) in [5.74, 6) is -0.707. The minimum Gasteiger partial charge on any atom is -0.505 e. The maximum absolute atomic E-state index is 11.8. The van der Waals surface area contributed by atoms with Crippen molar-refractivity contribution >= 4 is 40.7 Å². The quantitative estimate of drug-likeness (QED) is 0.728. The van der Waals surface area contributed by atoms with Gasteiger partial charge in [-0.2, -0.15) is 0 Å². The van der Waals surface area contributed by atoms with E-state index in [2.05, 4.69) is 10.6 Å². The molecule has 0 spiro atoms. The second-order valence-corrected chi connectivity index (χ2v) is 4.75. The number of benzene rings is 1. The first-order valence-corrected chi connectivity index (χ1v) is 6.01. The van der Waals surface area contributed by atoms with Crippen LogP contribution in [0.2, 0.25) is 10.0 Å². The number of carbonyl (C=O) groups is 2. The monoisotopic (exact) mass is 288 g/mol. The number of phenols is 1. The average Bonchev–Trinajstić information content (AvgIpc) is 2.72. The van der Waals surface area contributed by atoms with Gasteiger partial charge in [-0.25, -0.2) is 0 Å². The summed E-state index contributed by atoms with van der Waals surface area (Å²) in [6.45, 7) is 0. The Hall–Kier alpha value is -1.46. The standard InChI is InChI=1S/C11H10Cl2N2O3/c12-6-3-5(4-7(13)10(6)17)14-11(18)8-1-2-9(16)15-8/h3-4,8,17H,1-2H2,(H,14,18)(H,15,16)/t8-/m0/s1. The number of nitrogens with one attached hydrogen (secondary N) is 2. The first kappa shape index (κ1) is 13.0. The average molecular weight is 289 g/mol. The molecule has 1 saturated heterocycles. The number of halogens is 2. The van der Waals surface area contributed by atoms with Crippen LogP contribution in [0.5, 0.6) is 5.75 Å². The van der Waals surface area contributed by atoms with Crippen LogP contribution in [0.4, 0.5) is 5.69 Å². The predicted octanol–water partition coefficient (Wildman–Crippen LogP) is 1.92. The van der Waals surface area contributed by atoms with E-state index in [1.807, 2.05) is 0 Å². The number of carbonyl (C=O) groups excluding carboxylic acids is 2. The molecule has 96 valence electrons. The first-order chi connectivity index (χ1) is 8.47. The van der Waals surface area contributed by atoms with E-state index < -0.39 is 6.04 Å². The molecule has 1 aliphatic rings. The second kappa shape index (κ2) is 5.04. The van der Waals surface area contributed by atoms with Crippen LogP contribution in [0.3, 0.4) is 0 Å². The van der Waals surface area contributed by atoms with Gasteiger partial charge >= 0.3 is 0 Å². The molecule has 5 nitrogen and oxygen atoms in total. The molecular formula is C11H10Cl2N2O3. The van der Waals surface area contributed by atoms with E-state index in [1.165, 1.54) is 12.1 Å². The van der Waals surface area contributed by atoms with Gasteiger partial charge in [0.2, 0.25) is 11.8 Å². The van der Waals surface area contributed by atoms with Gasteiger partial charge in [-0.05, 0) is 18.6 Å². The molecule has 18 heavy (non-hydrogen) atoms. The summed E-state index contributed by atoms with van der Waals surface area (Å²) in [6, 6.07) is 2.23. The lowest BCUT2D eigenvalue weighted by Gasteiger charge is -2.12. The third-order valence-electron chi connectivity index (χ3n) is 2.60. The SMILES string of the molecule is O=C1CC[C@@H](C(=O)Nc2cc(Cl)c(O)c(Cl)c2)N1. The van der Waals surface area contributed by atoms with Gasteiger partial charge in [-0.3, -0.25) is 9.59 Å². The molecule has 1 aromatic rings. The van der Waals surface area contributed by atoms with E-state index in [0.717, 1.165) is 0 Å². The van der Waals surface area contributed by atoms with Crippen LogP contribution < -0.4 is 10.6 Å². The third kappa shape index (κ3) is 2.68. The Morgan fingerprint density at radius 2 is 2.00 bits per heavy atom. The van der Waals surface area contributed by atoms with Crippen molar-refractivity contribution in [1.82, 2.24) is 5.32 Å². The van der Waals surface area contributed by atoms with Gasteiger partial charge in [0.1, 0.15) is 6.04 Å². The minimum atomic E-state index is -0.538. The Labute approximate surface area is 113 Å². The van der Waals surface area contributed by atoms with Crippen molar-refractivity contribution in [2.24, 2.45) is 0 Å². The van der Waals surface area contributed by atoms with Crippen LogP contribution in [0.1, 0.15) is 12.8 Å². The molecule has 0 aliphatic carbocycles. The molecule has 2 rings (SSSR count). The molecule has 1 heterocycles. The van der Waals surface area contributed by atoms with Crippen LogP contribution in [-0.2, 0) is 9.59 Å². The lowest BCUT2D eigenvalue weighted by molar-refractivity contribution is -0.122. The molecule has 1 atom stereocenters. The van der Waals surface area contributed by atoms with Gasteiger partial charge in [-0.15, -0.1) is 0 Å². The first-order valence-electron chi connectivity index (χ1n) is 5.25. The Morgan fingerprint density at radius 3 is 2.50 bits per heavy atom. The number of aromatic hydroxyl groups is 1. The van der Waals surface area contributed by atoms with E-state index >= 15 is 0 Å². The summed E-state index contributed by atoms with van der Waals surface area (Å²) in [5.41, 5.74) is 0.369. The third-order valence-corrected chi connectivity index (χ3v) is 3.17. The Morgan fingerprint density at radius 1 is 1.39 bits per heavy atom. The van der Waals surface area contributed by atoms with Crippen molar-refractivity contribution in [3.63, 3.8) is 0 Å². The number of phenolic OH excluding ortho intramolecular Hbond substituents is 1. The highest BCUT2D eigenvalue weighted by atomic mass is 35.5. The van der Waals surface area contributed by atoms with Crippen molar-refractivity contribution in [3.05, 3.63) is 22.2 Å². The number of hydrogen-bond acceptors (Lipinski definition) is 3. The molecule has 0 aromatic heterocycles. The largest absolute Gasteiger partial charge is 0.505 e. The Balaban J connectivity index is 2.10. The zero-order chi connectivity index (χ0) is 13.3. The highest BCUT2D eigenvalue weighted by Gasteiger charge is 2.27. The van der Waals surface area contributed by atoms with E-state index in [-0.39, 0.29) is 27.6 Å². The van der Waals surface area contributed by atoms with Crippen molar-refractivity contribution in [2.75, 3.05) is 5.32 Å². The fourth-order valence-electron chi connectivity index (χ4n) is 1.68.